The van der Waals surface area contributed by atoms with Crippen molar-refractivity contribution in [3.05, 3.63) is 95.6 Å². The molecule has 34 heavy (non-hydrogen) atoms. The van der Waals surface area contributed by atoms with Gasteiger partial charge in [-0.05, 0) is 24.1 Å². The van der Waals surface area contributed by atoms with Gasteiger partial charge in [0, 0.05) is 17.5 Å². The minimum absolute atomic E-state index is 0.0369. The standard InChI is InChI=1S/C26H24N2O6/c27-23(29)15-14-20(25(30)31)28(26(32)33-16-17-8-2-1-3-9-17)24-18-10-4-6-12-21(18)34-22-13-7-5-11-19(22)24/h1-13,20,24H,14-16H2,(H2,27,29)(H,30,31)/t20-/m1/s1. The molecule has 0 bridgehead atoms. The van der Waals surface area contributed by atoms with Crippen LogP contribution in [0.15, 0.2) is 78.9 Å². The van der Waals surface area contributed by atoms with E-state index in [-0.39, 0.29) is 19.4 Å². The van der Waals surface area contributed by atoms with Crippen LogP contribution in [-0.2, 0) is 20.9 Å². The van der Waals surface area contributed by atoms with Crippen LogP contribution >= 0.6 is 0 Å². The summed E-state index contributed by atoms with van der Waals surface area (Å²) in [5, 5.41) is 10.1. The highest BCUT2D eigenvalue weighted by Crippen LogP contribution is 2.46. The number of carboxylic acid groups (broad SMARTS) is 1. The number of carboxylic acids is 1. The molecule has 3 aromatic carbocycles. The molecular formula is C26H24N2O6. The summed E-state index contributed by atoms with van der Waals surface area (Å²) in [6.07, 6.45) is -1.18. The maximum Gasteiger partial charge on any atom is 0.411 e. The Bertz CT molecular complexity index is 1150. The molecule has 0 aromatic heterocycles. The predicted octanol–water partition coefficient (Wildman–Crippen LogP) is 4.24. The van der Waals surface area contributed by atoms with Gasteiger partial charge in [-0.25, -0.2) is 9.59 Å². The third-order valence-electron chi connectivity index (χ3n) is 5.63. The van der Waals surface area contributed by atoms with Gasteiger partial charge in [0.15, 0.2) is 0 Å². The Kier molecular flexibility index (Phi) is 6.77. The van der Waals surface area contributed by atoms with Crippen LogP contribution in [0, 0.1) is 0 Å². The van der Waals surface area contributed by atoms with E-state index in [0.717, 1.165) is 5.56 Å². The zero-order valence-electron chi connectivity index (χ0n) is 18.3. The molecule has 1 aliphatic heterocycles. The Hall–Kier alpha value is -4.33. The van der Waals surface area contributed by atoms with E-state index < -0.39 is 30.1 Å². The average Bonchev–Trinajstić information content (AvgIpc) is 2.84. The second-order valence-corrected chi connectivity index (χ2v) is 7.89. The van der Waals surface area contributed by atoms with E-state index in [1.54, 1.807) is 60.7 Å². The van der Waals surface area contributed by atoms with Crippen molar-refractivity contribution in [1.82, 2.24) is 4.90 Å². The molecule has 0 unspecified atom stereocenters. The molecule has 0 saturated heterocycles. The summed E-state index contributed by atoms with van der Waals surface area (Å²) in [5.74, 6) is -0.909. The van der Waals surface area contributed by atoms with Gasteiger partial charge in [-0.2, -0.15) is 0 Å². The summed E-state index contributed by atoms with van der Waals surface area (Å²) in [6, 6.07) is 21.2. The van der Waals surface area contributed by atoms with Gasteiger partial charge >= 0.3 is 12.1 Å². The number of carbonyl (C=O) groups excluding carboxylic acids is 2. The molecule has 0 fully saturated rings. The fourth-order valence-electron chi connectivity index (χ4n) is 4.05. The molecule has 3 aromatic rings. The average molecular weight is 460 g/mol. The Balaban J connectivity index is 1.78. The van der Waals surface area contributed by atoms with E-state index in [1.807, 2.05) is 18.2 Å². The molecular weight excluding hydrogens is 436 g/mol. The van der Waals surface area contributed by atoms with Crippen molar-refractivity contribution in [1.29, 1.82) is 0 Å². The van der Waals surface area contributed by atoms with Crippen LogP contribution < -0.4 is 10.5 Å². The maximum atomic E-state index is 13.5. The molecule has 1 aliphatic rings. The van der Waals surface area contributed by atoms with Crippen LogP contribution in [-0.4, -0.2) is 34.0 Å². The van der Waals surface area contributed by atoms with E-state index in [2.05, 4.69) is 0 Å². The van der Waals surface area contributed by atoms with Crippen molar-refractivity contribution in [2.45, 2.75) is 31.5 Å². The summed E-state index contributed by atoms with van der Waals surface area (Å²) in [7, 11) is 0. The first-order valence-electron chi connectivity index (χ1n) is 10.8. The van der Waals surface area contributed by atoms with Gasteiger partial charge in [0.05, 0.1) is 6.04 Å². The Labute approximate surface area is 196 Å². The van der Waals surface area contributed by atoms with Gasteiger partial charge in [-0.15, -0.1) is 0 Å². The number of rotatable bonds is 8. The second-order valence-electron chi connectivity index (χ2n) is 7.89. The van der Waals surface area contributed by atoms with Gasteiger partial charge in [0.25, 0.3) is 0 Å². The van der Waals surface area contributed by atoms with Crippen LogP contribution in [0.2, 0.25) is 0 Å². The fraction of sp³-hybridized carbons (Fsp3) is 0.192. The highest BCUT2D eigenvalue weighted by Gasteiger charge is 2.42. The number of primary amides is 1. The first kappa shape index (κ1) is 22.8. The zero-order chi connectivity index (χ0) is 24.1. The molecule has 1 atom stereocenters. The minimum Gasteiger partial charge on any atom is -0.480 e. The number of fused-ring (bicyclic) bond motifs is 2. The molecule has 3 N–H and O–H groups in total. The molecule has 8 nitrogen and oxygen atoms in total. The zero-order valence-corrected chi connectivity index (χ0v) is 18.3. The summed E-state index contributed by atoms with van der Waals surface area (Å²) in [5.41, 5.74) is 7.28. The number of para-hydroxylation sites is 2. The Morgan fingerprint density at radius 2 is 1.47 bits per heavy atom. The lowest BCUT2D eigenvalue weighted by atomic mass is 9.91. The van der Waals surface area contributed by atoms with Crippen molar-refractivity contribution in [2.24, 2.45) is 5.73 Å². The van der Waals surface area contributed by atoms with Gasteiger partial charge < -0.3 is 20.3 Å². The SMILES string of the molecule is NC(=O)CC[C@H](C(=O)O)N(C(=O)OCc1ccccc1)C1c2ccccc2Oc2ccccc21. The van der Waals surface area contributed by atoms with E-state index in [1.165, 1.54) is 4.90 Å². The van der Waals surface area contributed by atoms with Crippen LogP contribution in [0.5, 0.6) is 11.5 Å². The van der Waals surface area contributed by atoms with E-state index in [9.17, 15) is 19.5 Å². The van der Waals surface area contributed by atoms with Crippen molar-refractivity contribution in [3.8, 4) is 11.5 Å². The molecule has 4 rings (SSSR count). The summed E-state index contributed by atoms with van der Waals surface area (Å²) in [4.78, 5) is 38.5. The third-order valence-corrected chi connectivity index (χ3v) is 5.63. The van der Waals surface area contributed by atoms with Gasteiger partial charge in [0.1, 0.15) is 24.1 Å². The first-order chi connectivity index (χ1) is 16.5. The fourth-order valence-corrected chi connectivity index (χ4v) is 4.05. The number of benzene rings is 3. The third kappa shape index (κ3) is 4.85. The van der Waals surface area contributed by atoms with Crippen LogP contribution in [0.25, 0.3) is 0 Å². The van der Waals surface area contributed by atoms with Gasteiger partial charge in [-0.1, -0.05) is 66.7 Å². The van der Waals surface area contributed by atoms with Crippen molar-refractivity contribution in [3.63, 3.8) is 0 Å². The highest BCUT2D eigenvalue weighted by molar-refractivity contribution is 5.82. The van der Waals surface area contributed by atoms with Crippen LogP contribution in [0.1, 0.15) is 35.6 Å². The van der Waals surface area contributed by atoms with E-state index in [4.69, 9.17) is 15.2 Å². The van der Waals surface area contributed by atoms with Gasteiger partial charge in [0.2, 0.25) is 5.91 Å². The number of nitrogens with two attached hydrogens (primary N) is 1. The number of hydrogen-bond donors (Lipinski definition) is 2. The summed E-state index contributed by atoms with van der Waals surface area (Å²) in [6.45, 7) is -0.0369. The highest BCUT2D eigenvalue weighted by atomic mass is 16.6. The molecule has 0 radical (unpaired) electrons. The second kappa shape index (κ2) is 10.1. The van der Waals surface area contributed by atoms with Crippen LogP contribution in [0.4, 0.5) is 4.79 Å². The Morgan fingerprint density at radius 1 is 0.912 bits per heavy atom. The van der Waals surface area contributed by atoms with Crippen molar-refractivity contribution < 1.29 is 29.0 Å². The van der Waals surface area contributed by atoms with Crippen LogP contribution in [0.3, 0.4) is 0 Å². The summed E-state index contributed by atoms with van der Waals surface area (Å²) >= 11 is 0. The van der Waals surface area contributed by atoms with Crippen molar-refractivity contribution in [2.75, 3.05) is 0 Å². The Morgan fingerprint density at radius 3 is 2.03 bits per heavy atom. The first-order valence-corrected chi connectivity index (χ1v) is 10.8. The minimum atomic E-state index is -1.36. The van der Waals surface area contributed by atoms with Gasteiger partial charge in [-0.3, -0.25) is 9.69 Å². The quantitative estimate of drug-likeness (QED) is 0.519. The molecule has 1 heterocycles. The number of hydrogen-bond acceptors (Lipinski definition) is 5. The largest absolute Gasteiger partial charge is 0.480 e. The molecule has 8 heteroatoms. The topological polar surface area (TPSA) is 119 Å². The number of amides is 2. The molecule has 2 amide bonds. The lowest BCUT2D eigenvalue weighted by molar-refractivity contribution is -0.144. The lowest BCUT2D eigenvalue weighted by Crippen LogP contribution is -2.48. The lowest BCUT2D eigenvalue weighted by Gasteiger charge is -2.39. The summed E-state index contributed by atoms with van der Waals surface area (Å²) < 4.78 is 11.6. The number of carbonyl (C=O) groups is 3. The molecule has 0 spiro atoms. The van der Waals surface area contributed by atoms with Crippen molar-refractivity contribution >= 4 is 18.0 Å². The molecule has 174 valence electrons. The van der Waals surface area contributed by atoms with E-state index >= 15 is 0 Å². The molecule has 0 aliphatic carbocycles. The smallest absolute Gasteiger partial charge is 0.411 e. The number of ether oxygens (including phenoxy) is 2. The normalized spacial score (nSPS) is 13.1. The molecule has 0 saturated carbocycles. The predicted molar refractivity (Wildman–Crippen MR) is 123 cm³/mol. The number of nitrogens with zero attached hydrogens (tertiary/aromatic N) is 1. The maximum absolute atomic E-state index is 13.5. The monoisotopic (exact) mass is 460 g/mol. The number of aliphatic carboxylic acids is 1. The van der Waals surface area contributed by atoms with E-state index in [0.29, 0.717) is 22.6 Å².